The Kier molecular flexibility index (Phi) is 2.87. The van der Waals surface area contributed by atoms with Gasteiger partial charge in [-0.1, -0.05) is 11.6 Å². The third kappa shape index (κ3) is 2.20. The molecule has 0 spiro atoms. The van der Waals surface area contributed by atoms with Crippen molar-refractivity contribution in [2.45, 2.75) is 6.92 Å². The highest BCUT2D eigenvalue weighted by Crippen LogP contribution is 2.17. The largest absolute Gasteiger partial charge is 0.319 e. The van der Waals surface area contributed by atoms with Gasteiger partial charge in [-0.15, -0.1) is 0 Å². The van der Waals surface area contributed by atoms with Crippen LogP contribution in [0.5, 0.6) is 0 Å². The molecule has 0 radical (unpaired) electrons. The smallest absolute Gasteiger partial charge is 0.258 e. The van der Waals surface area contributed by atoms with Crippen LogP contribution in [0.2, 0.25) is 5.02 Å². The van der Waals surface area contributed by atoms with Gasteiger partial charge in [-0.05, 0) is 13.0 Å². The number of carbonyl (C=O) groups excluding carboxylic acids is 1. The minimum absolute atomic E-state index is 0.307. The van der Waals surface area contributed by atoms with Gasteiger partial charge in [0.1, 0.15) is 0 Å². The Hall–Kier alpha value is -1.88. The molecule has 5 nitrogen and oxygen atoms in total. The molecule has 0 unspecified atom stereocenters. The number of rotatable bonds is 2. The third-order valence-corrected chi connectivity index (χ3v) is 2.30. The molecule has 0 aliphatic heterocycles. The van der Waals surface area contributed by atoms with Crippen LogP contribution in [-0.4, -0.2) is 21.1 Å². The van der Waals surface area contributed by atoms with Gasteiger partial charge in [0.05, 0.1) is 22.5 Å². The van der Waals surface area contributed by atoms with E-state index in [0.29, 0.717) is 16.3 Å². The van der Waals surface area contributed by atoms with Gasteiger partial charge < -0.3 is 5.32 Å². The zero-order valence-corrected chi connectivity index (χ0v) is 9.25. The molecule has 0 saturated heterocycles. The fourth-order valence-corrected chi connectivity index (χ4v) is 1.50. The number of nitrogens with one attached hydrogen (secondary N) is 2. The summed E-state index contributed by atoms with van der Waals surface area (Å²) in [6.45, 7) is 1.81. The number of aryl methyl sites for hydroxylation is 1. The average Bonchev–Trinajstić information content (AvgIpc) is 2.70. The number of aromatic amines is 1. The third-order valence-electron chi connectivity index (χ3n) is 1.99. The van der Waals surface area contributed by atoms with Crippen LogP contribution in [0.25, 0.3) is 0 Å². The predicted molar refractivity (Wildman–Crippen MR) is 60.5 cm³/mol. The van der Waals surface area contributed by atoms with Crippen molar-refractivity contribution in [1.29, 1.82) is 0 Å². The summed E-state index contributed by atoms with van der Waals surface area (Å²) < 4.78 is 0. The lowest BCUT2D eigenvalue weighted by atomic mass is 10.2. The van der Waals surface area contributed by atoms with Crippen molar-refractivity contribution < 1.29 is 4.79 Å². The Bertz CT molecular complexity index is 510. The van der Waals surface area contributed by atoms with E-state index in [9.17, 15) is 4.79 Å². The fraction of sp³-hybridized carbons (Fsp3) is 0.100. The molecule has 0 fully saturated rings. The van der Waals surface area contributed by atoms with Crippen LogP contribution in [0.3, 0.4) is 0 Å². The predicted octanol–water partition coefficient (Wildman–Crippen LogP) is 2.02. The molecule has 0 aromatic carbocycles. The van der Waals surface area contributed by atoms with E-state index in [-0.39, 0.29) is 5.91 Å². The minimum Gasteiger partial charge on any atom is -0.319 e. The van der Waals surface area contributed by atoms with E-state index in [1.165, 1.54) is 12.4 Å². The first-order chi connectivity index (χ1) is 7.66. The van der Waals surface area contributed by atoms with E-state index in [1.54, 1.807) is 12.3 Å². The van der Waals surface area contributed by atoms with Crippen LogP contribution in [0.1, 0.15) is 16.1 Å². The summed E-state index contributed by atoms with van der Waals surface area (Å²) in [7, 11) is 0. The molecule has 6 heteroatoms. The molecule has 0 aliphatic rings. The molecule has 0 aliphatic carbocycles. The number of amides is 1. The SMILES string of the molecule is Cc1cc(Cl)c(C(=O)Nc2cn[nH]c2)cn1. The van der Waals surface area contributed by atoms with Crippen molar-refractivity contribution in [3.8, 4) is 0 Å². The normalized spacial score (nSPS) is 10.1. The van der Waals surface area contributed by atoms with Crippen molar-refractivity contribution in [1.82, 2.24) is 15.2 Å². The summed E-state index contributed by atoms with van der Waals surface area (Å²) in [6.07, 6.45) is 4.54. The Balaban J connectivity index is 2.21. The lowest BCUT2D eigenvalue weighted by Crippen LogP contribution is -2.12. The summed E-state index contributed by atoms with van der Waals surface area (Å²) >= 11 is 5.94. The molecule has 82 valence electrons. The number of H-pyrrole nitrogens is 1. The van der Waals surface area contributed by atoms with Crippen molar-refractivity contribution in [3.63, 3.8) is 0 Å². The fourth-order valence-electron chi connectivity index (χ4n) is 1.21. The van der Waals surface area contributed by atoms with Gasteiger partial charge in [0.2, 0.25) is 0 Å². The molecule has 2 N–H and O–H groups in total. The van der Waals surface area contributed by atoms with Crippen LogP contribution in [0, 0.1) is 6.92 Å². The Morgan fingerprint density at radius 3 is 2.94 bits per heavy atom. The molecule has 1 amide bonds. The molecule has 2 heterocycles. The number of aromatic nitrogens is 3. The Labute approximate surface area is 96.8 Å². The summed E-state index contributed by atoms with van der Waals surface area (Å²) in [4.78, 5) is 15.8. The van der Waals surface area contributed by atoms with Gasteiger partial charge in [0, 0.05) is 18.1 Å². The van der Waals surface area contributed by atoms with Crippen LogP contribution >= 0.6 is 11.6 Å². The van der Waals surface area contributed by atoms with Crippen molar-refractivity contribution in [2.75, 3.05) is 5.32 Å². The Morgan fingerprint density at radius 1 is 1.50 bits per heavy atom. The zero-order valence-electron chi connectivity index (χ0n) is 8.49. The first-order valence-corrected chi connectivity index (χ1v) is 4.97. The number of carbonyl (C=O) groups is 1. The molecular formula is C10H9ClN4O. The molecule has 2 rings (SSSR count). The molecule has 2 aromatic heterocycles. The highest BCUT2D eigenvalue weighted by molar-refractivity contribution is 6.34. The van der Waals surface area contributed by atoms with Crippen LogP contribution in [0.15, 0.2) is 24.7 Å². The highest BCUT2D eigenvalue weighted by atomic mass is 35.5. The molecule has 0 saturated carbocycles. The van der Waals surface area contributed by atoms with Gasteiger partial charge in [-0.25, -0.2) is 0 Å². The first-order valence-electron chi connectivity index (χ1n) is 4.59. The average molecular weight is 237 g/mol. The second-order valence-corrected chi connectivity index (χ2v) is 3.65. The second-order valence-electron chi connectivity index (χ2n) is 3.25. The molecule has 2 aromatic rings. The number of nitrogens with zero attached hydrogens (tertiary/aromatic N) is 2. The van der Waals surface area contributed by atoms with E-state index in [2.05, 4.69) is 20.5 Å². The van der Waals surface area contributed by atoms with Crippen LogP contribution in [-0.2, 0) is 0 Å². The topological polar surface area (TPSA) is 70.7 Å². The summed E-state index contributed by atoms with van der Waals surface area (Å²) in [6, 6.07) is 1.64. The maximum absolute atomic E-state index is 11.8. The highest BCUT2D eigenvalue weighted by Gasteiger charge is 2.11. The number of pyridine rings is 1. The molecular weight excluding hydrogens is 228 g/mol. The van der Waals surface area contributed by atoms with Crippen molar-refractivity contribution in [2.24, 2.45) is 0 Å². The maximum Gasteiger partial charge on any atom is 0.258 e. The molecule has 16 heavy (non-hydrogen) atoms. The van der Waals surface area contributed by atoms with Crippen molar-refractivity contribution in [3.05, 3.63) is 40.9 Å². The van der Waals surface area contributed by atoms with E-state index < -0.39 is 0 Å². The monoisotopic (exact) mass is 236 g/mol. The van der Waals surface area contributed by atoms with E-state index in [0.717, 1.165) is 5.69 Å². The summed E-state index contributed by atoms with van der Waals surface area (Å²) in [5, 5.41) is 9.34. The standard InChI is InChI=1S/C10H9ClN4O/c1-6-2-9(11)8(5-12-6)10(16)15-7-3-13-14-4-7/h2-5H,1H3,(H,13,14)(H,15,16). The second kappa shape index (κ2) is 4.32. The van der Waals surface area contributed by atoms with Crippen LogP contribution < -0.4 is 5.32 Å². The van der Waals surface area contributed by atoms with Crippen molar-refractivity contribution >= 4 is 23.2 Å². The number of halogens is 1. The quantitative estimate of drug-likeness (QED) is 0.838. The lowest BCUT2D eigenvalue weighted by Gasteiger charge is -2.04. The van der Waals surface area contributed by atoms with E-state index in [4.69, 9.17) is 11.6 Å². The van der Waals surface area contributed by atoms with E-state index in [1.807, 2.05) is 6.92 Å². The lowest BCUT2D eigenvalue weighted by molar-refractivity contribution is 0.102. The van der Waals surface area contributed by atoms with Gasteiger partial charge in [-0.3, -0.25) is 14.9 Å². The number of hydrogen-bond acceptors (Lipinski definition) is 3. The minimum atomic E-state index is -0.307. The summed E-state index contributed by atoms with van der Waals surface area (Å²) in [5.41, 5.74) is 1.69. The van der Waals surface area contributed by atoms with Gasteiger partial charge in [0.15, 0.2) is 0 Å². The van der Waals surface area contributed by atoms with Crippen LogP contribution in [0.4, 0.5) is 5.69 Å². The Morgan fingerprint density at radius 2 is 2.31 bits per heavy atom. The first kappa shape index (κ1) is 10.6. The molecule has 0 atom stereocenters. The number of hydrogen-bond donors (Lipinski definition) is 2. The maximum atomic E-state index is 11.8. The van der Waals surface area contributed by atoms with Gasteiger partial charge in [0.25, 0.3) is 5.91 Å². The van der Waals surface area contributed by atoms with Gasteiger partial charge in [-0.2, -0.15) is 5.10 Å². The van der Waals surface area contributed by atoms with Gasteiger partial charge >= 0.3 is 0 Å². The summed E-state index contributed by atoms with van der Waals surface area (Å²) in [5.74, 6) is -0.307. The molecule has 0 bridgehead atoms. The zero-order chi connectivity index (χ0) is 11.5. The number of anilines is 1. The van der Waals surface area contributed by atoms with E-state index >= 15 is 0 Å².